The number of halogens is 1. The molecule has 0 radical (unpaired) electrons. The number of carbonyl (C=O) groups is 2. The Balaban J connectivity index is 1.79. The van der Waals surface area contributed by atoms with Crippen LogP contribution in [0.4, 0.5) is 0 Å². The van der Waals surface area contributed by atoms with E-state index in [2.05, 4.69) is 27.9 Å². The van der Waals surface area contributed by atoms with E-state index >= 15 is 0 Å². The van der Waals surface area contributed by atoms with Gasteiger partial charge < -0.3 is 10.2 Å². The molecule has 0 spiro atoms. The van der Waals surface area contributed by atoms with Crippen molar-refractivity contribution in [3.8, 4) is 0 Å². The molecule has 1 saturated carbocycles. The molecule has 1 aromatic rings. The lowest BCUT2D eigenvalue weighted by Crippen LogP contribution is -2.62. The number of hydrogen-bond donors (Lipinski definition) is 1. The van der Waals surface area contributed by atoms with Crippen molar-refractivity contribution < 1.29 is 9.59 Å². The summed E-state index contributed by atoms with van der Waals surface area (Å²) in [5.41, 5.74) is 1.06. The van der Waals surface area contributed by atoms with Gasteiger partial charge in [-0.2, -0.15) is 0 Å². The summed E-state index contributed by atoms with van der Waals surface area (Å²) in [7, 11) is 0. The Hall–Kier alpha value is -1.11. The smallest absolute Gasteiger partial charge is 0.246 e. The van der Waals surface area contributed by atoms with Crippen molar-refractivity contribution in [3.63, 3.8) is 0 Å². The van der Waals surface area contributed by atoms with Crippen LogP contribution in [0.5, 0.6) is 0 Å². The molecular weight excluding hydrogens is 367 g/mol. The average Bonchev–Trinajstić information content (AvgIpc) is 3.25. The summed E-state index contributed by atoms with van der Waals surface area (Å²) >= 11 is 2.25. The van der Waals surface area contributed by atoms with Gasteiger partial charge in [0.1, 0.15) is 12.1 Å². The lowest BCUT2D eigenvalue weighted by atomic mass is 10.0. The SMILES string of the molecule is CC1C(=O)NC(C2CC2)C(=O)N1Cc1ccc(I)cc1. The van der Waals surface area contributed by atoms with Crippen LogP contribution in [0, 0.1) is 9.49 Å². The number of nitrogens with zero attached hydrogens (tertiary/aromatic N) is 1. The highest BCUT2D eigenvalue weighted by Crippen LogP contribution is 2.35. The molecular formula is C15H17IN2O2. The van der Waals surface area contributed by atoms with Crippen LogP contribution in [0.1, 0.15) is 25.3 Å². The molecule has 1 aliphatic heterocycles. The predicted molar refractivity (Wildman–Crippen MR) is 83.8 cm³/mol. The van der Waals surface area contributed by atoms with Gasteiger partial charge in [-0.05, 0) is 66.0 Å². The second-order valence-electron chi connectivity index (χ2n) is 5.59. The quantitative estimate of drug-likeness (QED) is 0.810. The van der Waals surface area contributed by atoms with E-state index in [0.717, 1.165) is 22.0 Å². The van der Waals surface area contributed by atoms with E-state index in [1.54, 1.807) is 11.8 Å². The molecule has 1 heterocycles. The summed E-state index contributed by atoms with van der Waals surface area (Å²) in [5.74, 6) is 0.378. The van der Waals surface area contributed by atoms with Crippen LogP contribution in [-0.2, 0) is 16.1 Å². The molecule has 1 saturated heterocycles. The fraction of sp³-hybridized carbons (Fsp3) is 0.467. The predicted octanol–water partition coefficient (Wildman–Crippen LogP) is 1.92. The van der Waals surface area contributed by atoms with Crippen LogP contribution in [0.3, 0.4) is 0 Å². The van der Waals surface area contributed by atoms with Gasteiger partial charge in [0.15, 0.2) is 0 Å². The average molecular weight is 384 g/mol. The molecule has 0 aromatic heterocycles. The minimum Gasteiger partial charge on any atom is -0.342 e. The number of piperazine rings is 1. The second kappa shape index (κ2) is 5.35. The first kappa shape index (κ1) is 13.9. The molecule has 20 heavy (non-hydrogen) atoms. The maximum absolute atomic E-state index is 12.5. The number of benzene rings is 1. The molecule has 2 aliphatic rings. The Labute approximate surface area is 132 Å². The number of hydrogen-bond acceptors (Lipinski definition) is 2. The largest absolute Gasteiger partial charge is 0.342 e. The number of carbonyl (C=O) groups excluding carboxylic acids is 2. The first-order chi connectivity index (χ1) is 9.56. The summed E-state index contributed by atoms with van der Waals surface area (Å²) in [4.78, 5) is 26.3. The first-order valence-electron chi connectivity index (χ1n) is 6.91. The first-order valence-corrected chi connectivity index (χ1v) is 7.99. The Morgan fingerprint density at radius 3 is 2.50 bits per heavy atom. The van der Waals surface area contributed by atoms with E-state index in [1.165, 1.54) is 0 Å². The summed E-state index contributed by atoms with van der Waals surface area (Å²) < 4.78 is 1.16. The molecule has 2 unspecified atom stereocenters. The highest BCUT2D eigenvalue weighted by molar-refractivity contribution is 14.1. The van der Waals surface area contributed by atoms with Gasteiger partial charge in [-0.3, -0.25) is 9.59 Å². The summed E-state index contributed by atoms with van der Waals surface area (Å²) in [6.45, 7) is 2.30. The van der Waals surface area contributed by atoms with Crippen LogP contribution in [0.25, 0.3) is 0 Å². The molecule has 2 fully saturated rings. The Morgan fingerprint density at radius 1 is 1.25 bits per heavy atom. The van der Waals surface area contributed by atoms with E-state index < -0.39 is 6.04 Å². The van der Waals surface area contributed by atoms with E-state index in [1.807, 2.05) is 24.3 Å². The normalized spacial score (nSPS) is 26.6. The van der Waals surface area contributed by atoms with Crippen molar-refractivity contribution in [1.82, 2.24) is 10.2 Å². The Kier molecular flexibility index (Phi) is 3.70. The van der Waals surface area contributed by atoms with Crippen molar-refractivity contribution in [3.05, 3.63) is 33.4 Å². The van der Waals surface area contributed by atoms with Gasteiger partial charge in [0.25, 0.3) is 0 Å². The number of nitrogens with one attached hydrogen (secondary N) is 1. The van der Waals surface area contributed by atoms with Gasteiger partial charge in [-0.15, -0.1) is 0 Å². The van der Waals surface area contributed by atoms with E-state index in [0.29, 0.717) is 12.5 Å². The van der Waals surface area contributed by atoms with Crippen molar-refractivity contribution >= 4 is 34.4 Å². The van der Waals surface area contributed by atoms with Crippen LogP contribution in [0.15, 0.2) is 24.3 Å². The summed E-state index contributed by atoms with van der Waals surface area (Å²) in [5, 5.41) is 2.87. The van der Waals surface area contributed by atoms with Gasteiger partial charge in [0.2, 0.25) is 11.8 Å². The molecule has 5 heteroatoms. The summed E-state index contributed by atoms with van der Waals surface area (Å²) in [6.07, 6.45) is 2.09. The van der Waals surface area contributed by atoms with Crippen molar-refractivity contribution in [2.24, 2.45) is 5.92 Å². The second-order valence-corrected chi connectivity index (χ2v) is 6.84. The molecule has 1 aromatic carbocycles. The molecule has 1 N–H and O–H groups in total. The lowest BCUT2D eigenvalue weighted by molar-refractivity contribution is -0.149. The van der Waals surface area contributed by atoms with Gasteiger partial charge >= 0.3 is 0 Å². The zero-order valence-electron chi connectivity index (χ0n) is 11.3. The van der Waals surface area contributed by atoms with Crippen LogP contribution in [0.2, 0.25) is 0 Å². The maximum Gasteiger partial charge on any atom is 0.246 e. The highest BCUT2D eigenvalue weighted by Gasteiger charge is 2.45. The lowest BCUT2D eigenvalue weighted by Gasteiger charge is -2.37. The van der Waals surface area contributed by atoms with Crippen LogP contribution in [-0.4, -0.2) is 28.8 Å². The third-order valence-corrected chi connectivity index (χ3v) is 4.77. The molecule has 1 aliphatic carbocycles. The van der Waals surface area contributed by atoms with Gasteiger partial charge in [-0.1, -0.05) is 12.1 Å². The maximum atomic E-state index is 12.5. The third kappa shape index (κ3) is 2.68. The molecule has 2 atom stereocenters. The van der Waals surface area contributed by atoms with Crippen molar-refractivity contribution in [2.75, 3.05) is 0 Å². The van der Waals surface area contributed by atoms with E-state index in [4.69, 9.17) is 0 Å². The monoisotopic (exact) mass is 384 g/mol. The number of rotatable bonds is 3. The van der Waals surface area contributed by atoms with Crippen molar-refractivity contribution in [2.45, 2.75) is 38.4 Å². The van der Waals surface area contributed by atoms with Gasteiger partial charge in [-0.25, -0.2) is 0 Å². The Morgan fingerprint density at radius 2 is 1.90 bits per heavy atom. The molecule has 3 rings (SSSR count). The summed E-state index contributed by atoms with van der Waals surface area (Å²) in [6, 6.07) is 7.38. The molecule has 2 amide bonds. The zero-order chi connectivity index (χ0) is 14.3. The van der Waals surface area contributed by atoms with Crippen LogP contribution >= 0.6 is 22.6 Å². The highest BCUT2D eigenvalue weighted by atomic mass is 127. The van der Waals surface area contributed by atoms with E-state index in [9.17, 15) is 9.59 Å². The fourth-order valence-corrected chi connectivity index (χ4v) is 2.96. The Bertz CT molecular complexity index is 539. The standard InChI is InChI=1S/C15H17IN2O2/c1-9-14(19)17-13(11-4-5-11)15(20)18(9)8-10-2-6-12(16)7-3-10/h2-3,6-7,9,11,13H,4-5,8H2,1H3,(H,17,19). The van der Waals surface area contributed by atoms with Crippen LogP contribution < -0.4 is 5.32 Å². The van der Waals surface area contributed by atoms with Crippen molar-refractivity contribution in [1.29, 1.82) is 0 Å². The molecule has 0 bridgehead atoms. The number of amides is 2. The molecule has 106 valence electrons. The topological polar surface area (TPSA) is 49.4 Å². The van der Waals surface area contributed by atoms with Gasteiger partial charge in [0.05, 0.1) is 0 Å². The minimum atomic E-state index is -0.392. The zero-order valence-corrected chi connectivity index (χ0v) is 13.5. The molecule has 4 nitrogen and oxygen atoms in total. The van der Waals surface area contributed by atoms with E-state index in [-0.39, 0.29) is 17.9 Å². The third-order valence-electron chi connectivity index (χ3n) is 4.05. The fourth-order valence-electron chi connectivity index (χ4n) is 2.60. The van der Waals surface area contributed by atoms with Gasteiger partial charge in [0, 0.05) is 10.1 Å². The minimum absolute atomic E-state index is 0.0352.